The first-order chi connectivity index (χ1) is 19.8. The number of aromatic nitrogens is 1. The first-order valence-corrected chi connectivity index (χ1v) is 15.2. The number of nitrogens with zero attached hydrogens (tertiary/aromatic N) is 1. The van der Waals surface area contributed by atoms with Crippen molar-refractivity contribution in [2.24, 2.45) is 0 Å². The summed E-state index contributed by atoms with van der Waals surface area (Å²) in [5.74, 6) is 0. The molecule has 0 spiro atoms. The fraction of sp³-hybridized carbons (Fsp3) is 0.0270. The summed E-state index contributed by atoms with van der Waals surface area (Å²) in [6, 6.07) is 50.7. The van der Waals surface area contributed by atoms with E-state index in [0.717, 1.165) is 33.1 Å². The van der Waals surface area contributed by atoms with Gasteiger partial charge in [-0.3, -0.25) is 0 Å². The number of rotatable bonds is 4. The van der Waals surface area contributed by atoms with Gasteiger partial charge in [-0.1, -0.05) is 125 Å². The molecule has 0 saturated heterocycles. The summed E-state index contributed by atoms with van der Waals surface area (Å²) in [4.78, 5) is 0. The van der Waals surface area contributed by atoms with Crippen LogP contribution in [0.15, 0.2) is 144 Å². The van der Waals surface area contributed by atoms with Crippen molar-refractivity contribution in [3.63, 3.8) is 0 Å². The van der Waals surface area contributed by atoms with E-state index in [1.165, 1.54) is 37.4 Å². The molecule has 2 heterocycles. The highest BCUT2D eigenvalue weighted by Crippen LogP contribution is 2.39. The third-order valence-corrected chi connectivity index (χ3v) is 10.7. The number of benzene rings is 6. The van der Waals surface area contributed by atoms with Gasteiger partial charge in [0.05, 0.1) is 11.0 Å². The lowest BCUT2D eigenvalue weighted by atomic mass is 10.1. The van der Waals surface area contributed by atoms with Gasteiger partial charge in [-0.25, -0.2) is 0 Å². The van der Waals surface area contributed by atoms with Crippen molar-refractivity contribution in [2.45, 2.75) is 6.92 Å². The summed E-state index contributed by atoms with van der Waals surface area (Å²) >= 11 is 0. The molecule has 189 valence electrons. The fourth-order valence-corrected chi connectivity index (χ4v) is 8.70. The molecule has 0 unspecified atom stereocenters. The predicted molar refractivity (Wildman–Crippen MR) is 170 cm³/mol. The Labute approximate surface area is 234 Å². The van der Waals surface area contributed by atoms with Crippen LogP contribution in [0.4, 0.5) is 0 Å². The van der Waals surface area contributed by atoms with E-state index in [1.54, 1.807) is 0 Å². The Hall–Kier alpha value is -4.86. The third kappa shape index (κ3) is 3.55. The van der Waals surface area contributed by atoms with Crippen molar-refractivity contribution < 1.29 is 4.42 Å². The van der Waals surface area contributed by atoms with Crippen LogP contribution in [0, 0.1) is 6.92 Å². The van der Waals surface area contributed by atoms with Crippen LogP contribution in [0.3, 0.4) is 0 Å². The Morgan fingerprint density at radius 1 is 0.525 bits per heavy atom. The van der Waals surface area contributed by atoms with Gasteiger partial charge in [0.25, 0.3) is 0 Å². The van der Waals surface area contributed by atoms with Crippen LogP contribution < -0.4 is 15.6 Å². The molecule has 8 rings (SSSR count). The third-order valence-electron chi connectivity index (χ3n) is 7.98. The van der Waals surface area contributed by atoms with Crippen molar-refractivity contribution in [3.8, 4) is 5.69 Å². The first kappa shape index (κ1) is 23.1. The van der Waals surface area contributed by atoms with Gasteiger partial charge in [-0.05, 0) is 42.4 Å². The predicted octanol–water partition coefficient (Wildman–Crippen LogP) is 7.51. The van der Waals surface area contributed by atoms with E-state index in [0.29, 0.717) is 0 Å². The smallest absolute Gasteiger partial charge is 0.160 e. The summed E-state index contributed by atoms with van der Waals surface area (Å²) in [5.41, 5.74) is 6.57. The SMILES string of the molecule is Cc1ccc(-n2c3ccc([Si](c4ccccc4)c4ccccc4)cc3c3ccc4c5ccccc5oc4c32)cc1. The normalized spacial score (nSPS) is 11.8. The highest BCUT2D eigenvalue weighted by atomic mass is 28.3. The number of hydrogen-bond acceptors (Lipinski definition) is 1. The van der Waals surface area contributed by atoms with Crippen LogP contribution in [-0.2, 0) is 0 Å². The molecule has 1 radical (unpaired) electrons. The largest absolute Gasteiger partial charge is 0.454 e. The van der Waals surface area contributed by atoms with Crippen molar-refractivity contribution in [1.82, 2.24) is 4.57 Å². The van der Waals surface area contributed by atoms with Crippen LogP contribution in [0.1, 0.15) is 5.56 Å². The second kappa shape index (κ2) is 9.11. The van der Waals surface area contributed by atoms with E-state index in [2.05, 4.69) is 145 Å². The molecule has 8 aromatic rings. The average Bonchev–Trinajstić information content (AvgIpc) is 3.55. The molecular formula is C37H26NOSi. The van der Waals surface area contributed by atoms with Gasteiger partial charge in [0, 0.05) is 27.2 Å². The lowest BCUT2D eigenvalue weighted by Gasteiger charge is -2.17. The first-order valence-electron chi connectivity index (χ1n) is 13.7. The van der Waals surface area contributed by atoms with Crippen LogP contribution >= 0.6 is 0 Å². The molecule has 0 saturated carbocycles. The molecule has 2 nitrogen and oxygen atoms in total. The average molecular weight is 529 g/mol. The Bertz CT molecular complexity index is 2120. The summed E-state index contributed by atoms with van der Waals surface area (Å²) in [5, 5.41) is 8.93. The topological polar surface area (TPSA) is 18.1 Å². The van der Waals surface area contributed by atoms with E-state index in [-0.39, 0.29) is 0 Å². The van der Waals surface area contributed by atoms with Crippen LogP contribution in [0.25, 0.3) is 49.4 Å². The Balaban J connectivity index is 1.47. The highest BCUT2D eigenvalue weighted by molar-refractivity contribution is 6.95. The lowest BCUT2D eigenvalue weighted by Crippen LogP contribution is -2.51. The van der Waals surface area contributed by atoms with Gasteiger partial charge in [-0.2, -0.15) is 0 Å². The molecule has 0 N–H and O–H groups in total. The van der Waals surface area contributed by atoms with Crippen molar-refractivity contribution in [2.75, 3.05) is 0 Å². The molecule has 0 atom stereocenters. The van der Waals surface area contributed by atoms with Gasteiger partial charge >= 0.3 is 0 Å². The van der Waals surface area contributed by atoms with Gasteiger partial charge in [0.15, 0.2) is 14.4 Å². The number of furan rings is 1. The summed E-state index contributed by atoms with van der Waals surface area (Å²) in [6.45, 7) is 2.14. The van der Waals surface area contributed by atoms with E-state index in [1.807, 2.05) is 6.07 Å². The maximum absolute atomic E-state index is 6.58. The number of hydrogen-bond donors (Lipinski definition) is 0. The zero-order valence-electron chi connectivity index (χ0n) is 22.1. The molecule has 0 aliphatic carbocycles. The van der Waals surface area contributed by atoms with E-state index in [4.69, 9.17) is 4.42 Å². The van der Waals surface area contributed by atoms with E-state index in [9.17, 15) is 0 Å². The molecule has 0 fully saturated rings. The molecule has 3 heteroatoms. The van der Waals surface area contributed by atoms with Gasteiger partial charge in [-0.15, -0.1) is 0 Å². The second-order valence-electron chi connectivity index (χ2n) is 10.4. The van der Waals surface area contributed by atoms with Crippen molar-refractivity contribution in [1.29, 1.82) is 0 Å². The zero-order chi connectivity index (χ0) is 26.6. The Kier molecular flexibility index (Phi) is 5.25. The van der Waals surface area contributed by atoms with Gasteiger partial charge in [0.2, 0.25) is 0 Å². The number of aryl methyl sites for hydroxylation is 1. The molecule has 40 heavy (non-hydrogen) atoms. The maximum atomic E-state index is 6.58. The standard InChI is InChI=1S/C37H26NOSi/c1-25-16-18-26(19-17-25)38-34-23-20-29(40(27-10-4-2-5-11-27)28-12-6-3-7-13-28)24-33(34)31-21-22-32-30-14-8-9-15-35(30)39-37(32)36(31)38/h2-24H,1H3. The molecule has 2 aromatic heterocycles. The van der Waals surface area contributed by atoms with E-state index < -0.39 is 8.80 Å². The van der Waals surface area contributed by atoms with Crippen LogP contribution in [0.5, 0.6) is 0 Å². The van der Waals surface area contributed by atoms with Crippen molar-refractivity contribution >= 4 is 68.1 Å². The number of para-hydroxylation sites is 1. The molecular weight excluding hydrogens is 502 g/mol. The Morgan fingerprint density at radius 2 is 1.18 bits per heavy atom. The molecule has 0 aliphatic rings. The van der Waals surface area contributed by atoms with Crippen LogP contribution in [0.2, 0.25) is 0 Å². The molecule has 0 amide bonds. The van der Waals surface area contributed by atoms with E-state index >= 15 is 0 Å². The van der Waals surface area contributed by atoms with Crippen molar-refractivity contribution in [3.05, 3.63) is 145 Å². The van der Waals surface area contributed by atoms with Crippen LogP contribution in [-0.4, -0.2) is 13.4 Å². The minimum atomic E-state index is -1.19. The molecule has 0 aliphatic heterocycles. The summed E-state index contributed by atoms with van der Waals surface area (Å²) in [6.07, 6.45) is 0. The minimum Gasteiger partial charge on any atom is -0.454 e. The molecule has 6 aromatic carbocycles. The second-order valence-corrected chi connectivity index (χ2v) is 12.9. The zero-order valence-corrected chi connectivity index (χ0v) is 23.1. The maximum Gasteiger partial charge on any atom is 0.160 e. The monoisotopic (exact) mass is 528 g/mol. The quantitative estimate of drug-likeness (QED) is 0.171. The highest BCUT2D eigenvalue weighted by Gasteiger charge is 2.23. The minimum absolute atomic E-state index is 0.921. The molecule has 0 bridgehead atoms. The summed E-state index contributed by atoms with van der Waals surface area (Å²) < 4.78 is 8.97. The summed E-state index contributed by atoms with van der Waals surface area (Å²) in [7, 11) is -1.19. The number of fused-ring (bicyclic) bond motifs is 7. The van der Waals surface area contributed by atoms with Gasteiger partial charge < -0.3 is 8.98 Å². The Morgan fingerprint density at radius 3 is 1.90 bits per heavy atom. The van der Waals surface area contributed by atoms with Gasteiger partial charge in [0.1, 0.15) is 5.58 Å². The fourth-order valence-electron chi connectivity index (χ4n) is 6.11. The lowest BCUT2D eigenvalue weighted by molar-refractivity contribution is 0.671.